The van der Waals surface area contributed by atoms with Gasteiger partial charge in [0.05, 0.1) is 78.5 Å². The predicted octanol–water partition coefficient (Wildman–Crippen LogP) is 7.51. The van der Waals surface area contributed by atoms with Gasteiger partial charge in [0, 0.05) is 0 Å². The highest BCUT2D eigenvalue weighted by Gasteiger charge is 2.22. The van der Waals surface area contributed by atoms with Gasteiger partial charge in [-0.3, -0.25) is 0 Å². The van der Waals surface area contributed by atoms with Gasteiger partial charge in [-0.15, -0.1) is 0 Å². The first kappa shape index (κ1) is 50.8. The number of rotatable bonds is 24. The van der Waals surface area contributed by atoms with Crippen molar-refractivity contribution in [3.05, 3.63) is 0 Å². The first-order valence-corrected chi connectivity index (χ1v) is 20.5. The van der Waals surface area contributed by atoms with Crippen LogP contribution < -0.4 is 14.7 Å². The summed E-state index contributed by atoms with van der Waals surface area (Å²) in [7, 11) is -5.39. The molecule has 0 fully saturated rings. The van der Waals surface area contributed by atoms with Gasteiger partial charge in [0.15, 0.2) is 0 Å². The molecule has 0 radical (unpaired) electrons. The number of hydrogen-bond acceptors (Lipinski definition) is 4. The molecule has 0 bridgehead atoms. The molecule has 0 amide bonds. The zero-order valence-electron chi connectivity index (χ0n) is 32.4. The van der Waals surface area contributed by atoms with Crippen LogP contribution >= 0.6 is 7.82 Å². The van der Waals surface area contributed by atoms with E-state index in [-0.39, 0.29) is 0 Å². The second-order valence-corrected chi connectivity index (χ2v) is 13.7. The fourth-order valence-corrected chi connectivity index (χ4v) is 5.86. The van der Waals surface area contributed by atoms with Crippen LogP contribution in [0.1, 0.15) is 160 Å². The Morgan fingerprint density at radius 1 is 0.341 bits per heavy atom. The molecule has 0 aromatic rings. The zero-order valence-corrected chi connectivity index (χ0v) is 33.3. The number of unbranched alkanes of at least 4 members (excludes halogenated alkanes) is 6. The van der Waals surface area contributed by atoms with Crippen molar-refractivity contribution < 1.29 is 32.7 Å². The lowest BCUT2D eigenvalue weighted by Gasteiger charge is -2.37. The molecule has 0 spiro atoms. The van der Waals surface area contributed by atoms with Crippen molar-refractivity contribution in [2.75, 3.05) is 78.5 Å². The minimum atomic E-state index is -5.39. The van der Waals surface area contributed by atoms with Crippen molar-refractivity contribution in [2.24, 2.45) is 0 Å². The van der Waals surface area contributed by atoms with E-state index in [1.165, 1.54) is 169 Å². The third kappa shape index (κ3) is 30.6. The fourth-order valence-electron chi connectivity index (χ4n) is 5.86. The van der Waals surface area contributed by atoms with Gasteiger partial charge in [-0.05, 0) is 80.1 Å². The van der Waals surface area contributed by atoms with Gasteiger partial charge in [-0.25, -0.2) is 0 Å². The quantitative estimate of drug-likeness (QED) is 0.0797. The van der Waals surface area contributed by atoms with Crippen molar-refractivity contribution in [3.8, 4) is 0 Å². The van der Waals surface area contributed by atoms with Crippen LogP contribution in [0.5, 0.6) is 0 Å². The highest BCUT2D eigenvalue weighted by molar-refractivity contribution is 7.40. The Kier molecular flexibility index (Phi) is 38.0. The van der Waals surface area contributed by atoms with E-state index >= 15 is 0 Å². The molecule has 0 aliphatic rings. The van der Waals surface area contributed by atoms with E-state index < -0.39 is 7.82 Å². The van der Waals surface area contributed by atoms with Crippen molar-refractivity contribution in [2.45, 2.75) is 160 Å². The maximum atomic E-state index is 8.55. The Bertz CT molecular complexity index is 499. The summed E-state index contributed by atoms with van der Waals surface area (Å²) in [6.45, 7) is 44.1. The second-order valence-electron chi connectivity index (χ2n) is 12.8. The first-order valence-electron chi connectivity index (χ1n) is 19.0. The predicted molar refractivity (Wildman–Crippen MR) is 190 cm³/mol. The van der Waals surface area contributed by atoms with Crippen LogP contribution in [0.4, 0.5) is 0 Å². The number of hydrogen-bond donors (Lipinski definition) is 0. The molecule has 0 heterocycles. The van der Waals surface area contributed by atoms with Crippen LogP contribution in [0.3, 0.4) is 0 Å². The molecule has 0 aliphatic carbocycles. The van der Waals surface area contributed by atoms with Crippen LogP contribution in [0.15, 0.2) is 0 Å². The summed E-state index contributed by atoms with van der Waals surface area (Å²) in [5.41, 5.74) is 0. The Morgan fingerprint density at radius 2 is 0.455 bits per heavy atom. The Morgan fingerprint density at radius 3 is 0.523 bits per heavy atom. The van der Waals surface area contributed by atoms with Crippen LogP contribution in [-0.2, 0) is 4.57 Å². The van der Waals surface area contributed by atoms with E-state index in [4.69, 9.17) is 19.2 Å². The van der Waals surface area contributed by atoms with Crippen LogP contribution in [0, 0.1) is 0 Å². The summed E-state index contributed by atoms with van der Waals surface area (Å²) in [6.07, 6.45) is 16.4. The summed E-state index contributed by atoms with van der Waals surface area (Å²) < 4.78 is 12.6. The molecule has 0 saturated carbocycles. The average molecular weight is 654 g/mol. The summed E-state index contributed by atoms with van der Waals surface area (Å²) >= 11 is 0. The Hall–Kier alpha value is -0.0100. The van der Waals surface area contributed by atoms with Crippen molar-refractivity contribution in [1.82, 2.24) is 0 Å². The SMILES string of the molecule is CCCC[N+](CC)(CC)CCCC.CCCC[N+](CC)(CC)CCCC.CCCC[N+](CC)(CC)CCCC.O=P([O-])([O-])[O-]. The first-order chi connectivity index (χ1) is 20.7. The molecular formula is C36H84N3O4P. The lowest BCUT2D eigenvalue weighted by Crippen LogP contribution is -2.49. The summed E-state index contributed by atoms with van der Waals surface area (Å²) in [5, 5.41) is 0. The third-order valence-electron chi connectivity index (χ3n) is 9.94. The molecule has 0 rings (SSSR count). The van der Waals surface area contributed by atoms with Gasteiger partial charge in [0.1, 0.15) is 0 Å². The number of nitrogens with zero attached hydrogens (tertiary/aromatic N) is 3. The molecule has 8 heteroatoms. The second kappa shape index (κ2) is 32.9. The Labute approximate surface area is 278 Å². The fraction of sp³-hybridized carbons (Fsp3) is 1.00. The van der Waals surface area contributed by atoms with Crippen molar-refractivity contribution in [1.29, 1.82) is 0 Å². The normalized spacial score (nSPS) is 12.0. The highest BCUT2D eigenvalue weighted by Crippen LogP contribution is 2.13. The lowest BCUT2D eigenvalue weighted by atomic mass is 10.2. The zero-order chi connectivity index (χ0) is 35.0. The molecule has 7 nitrogen and oxygen atoms in total. The van der Waals surface area contributed by atoms with Gasteiger partial charge in [-0.2, -0.15) is 7.82 Å². The van der Waals surface area contributed by atoms with Crippen LogP contribution in [0.2, 0.25) is 0 Å². The van der Waals surface area contributed by atoms with Crippen LogP contribution in [-0.4, -0.2) is 92.0 Å². The molecule has 0 aliphatic heterocycles. The minimum Gasteiger partial charge on any atom is -0.822 e. The van der Waals surface area contributed by atoms with Gasteiger partial charge < -0.3 is 32.7 Å². The van der Waals surface area contributed by atoms with Gasteiger partial charge in [0.25, 0.3) is 0 Å². The standard InChI is InChI=1S/3C12H28N.H3O4P/c3*1-5-9-11-13(7-3,8-4)12-10-6-2;1-5(2,3)4/h3*5-12H2,1-4H3;(H3,1,2,3,4)/q3*+1;/p-3. The molecule has 0 N–H and O–H groups in total. The maximum Gasteiger partial charge on any atom is 0.0786 e. The monoisotopic (exact) mass is 654 g/mol. The molecule has 0 saturated heterocycles. The van der Waals surface area contributed by atoms with Crippen molar-refractivity contribution >= 4 is 7.82 Å². The van der Waals surface area contributed by atoms with Crippen molar-refractivity contribution in [3.63, 3.8) is 0 Å². The van der Waals surface area contributed by atoms with Gasteiger partial charge >= 0.3 is 0 Å². The maximum absolute atomic E-state index is 8.55. The topological polar surface area (TPSA) is 86.2 Å². The average Bonchev–Trinajstić information content (AvgIpc) is 3.02. The van der Waals surface area contributed by atoms with E-state index in [1.54, 1.807) is 0 Å². The third-order valence-corrected chi connectivity index (χ3v) is 9.94. The molecule has 0 aromatic heterocycles. The molecule has 272 valence electrons. The summed E-state index contributed by atoms with van der Waals surface area (Å²) in [4.78, 5) is 25.6. The Balaban J connectivity index is -0.000000253. The smallest absolute Gasteiger partial charge is 0.0786 e. The van der Waals surface area contributed by atoms with E-state index in [0.29, 0.717) is 0 Å². The number of phosphoric acid groups is 1. The highest BCUT2D eigenvalue weighted by atomic mass is 31.2. The van der Waals surface area contributed by atoms with Gasteiger partial charge in [0.2, 0.25) is 0 Å². The van der Waals surface area contributed by atoms with Crippen LogP contribution in [0.25, 0.3) is 0 Å². The molecular weight excluding hydrogens is 569 g/mol. The van der Waals surface area contributed by atoms with E-state index in [9.17, 15) is 0 Å². The molecule has 0 atom stereocenters. The van der Waals surface area contributed by atoms with Gasteiger partial charge in [-0.1, -0.05) is 80.1 Å². The van der Waals surface area contributed by atoms with E-state index in [0.717, 1.165) is 0 Å². The minimum absolute atomic E-state index is 1.32. The van der Waals surface area contributed by atoms with E-state index in [1.807, 2.05) is 0 Å². The largest absolute Gasteiger partial charge is 0.822 e. The molecule has 44 heavy (non-hydrogen) atoms. The summed E-state index contributed by atoms with van der Waals surface area (Å²) in [6, 6.07) is 0. The molecule has 0 aromatic carbocycles. The lowest BCUT2D eigenvalue weighted by molar-refractivity contribution is -0.925. The van der Waals surface area contributed by atoms with E-state index in [2.05, 4.69) is 83.1 Å². The molecule has 0 unspecified atom stereocenters. The summed E-state index contributed by atoms with van der Waals surface area (Å²) in [5.74, 6) is 0. The number of quaternary nitrogens is 3.